The highest BCUT2D eigenvalue weighted by Gasteiger charge is 2.54. The molecule has 2 amide bonds. The SMILES string of the molecule is CC(=O)OCC1=C(C(=O)O)N2C(=O)[C@@H](NC(=O)CCC[C@@H](N)C(=O)O)C2SC1. The van der Waals surface area contributed by atoms with Crippen LogP contribution < -0.4 is 11.1 Å². The van der Waals surface area contributed by atoms with Crippen LogP contribution in [0.25, 0.3) is 0 Å². The van der Waals surface area contributed by atoms with Crippen LogP contribution in [-0.4, -0.2) is 74.7 Å². The number of hydrogen-bond donors (Lipinski definition) is 4. The van der Waals surface area contributed by atoms with Crippen molar-refractivity contribution < 1.29 is 38.9 Å². The molecular formula is C16H21N3O8S. The molecule has 1 unspecified atom stereocenters. The predicted octanol–water partition coefficient (Wildman–Crippen LogP) is -1.13. The summed E-state index contributed by atoms with van der Waals surface area (Å²) in [6.45, 7) is 0.977. The second-order valence-corrected chi connectivity index (χ2v) is 7.43. The maximum atomic E-state index is 12.4. The molecule has 0 saturated carbocycles. The first-order valence-electron chi connectivity index (χ1n) is 8.44. The molecule has 2 aliphatic rings. The van der Waals surface area contributed by atoms with Crippen molar-refractivity contribution in [3.05, 3.63) is 11.3 Å². The smallest absolute Gasteiger partial charge is 0.352 e. The molecule has 12 heteroatoms. The number of nitrogens with one attached hydrogen (secondary N) is 1. The van der Waals surface area contributed by atoms with E-state index in [4.69, 9.17) is 15.6 Å². The van der Waals surface area contributed by atoms with E-state index in [2.05, 4.69) is 5.32 Å². The van der Waals surface area contributed by atoms with Crippen molar-refractivity contribution >= 4 is 41.5 Å². The summed E-state index contributed by atoms with van der Waals surface area (Å²) in [6.07, 6.45) is 0.368. The number of fused-ring (bicyclic) bond motifs is 1. The molecule has 2 aliphatic heterocycles. The van der Waals surface area contributed by atoms with Gasteiger partial charge in [0.1, 0.15) is 29.8 Å². The lowest BCUT2D eigenvalue weighted by Crippen LogP contribution is -2.70. The lowest BCUT2D eigenvalue weighted by molar-refractivity contribution is -0.151. The molecule has 1 saturated heterocycles. The molecule has 0 aromatic rings. The Bertz CT molecular complexity index is 737. The van der Waals surface area contributed by atoms with Gasteiger partial charge in [0.2, 0.25) is 5.91 Å². The maximum Gasteiger partial charge on any atom is 0.352 e. The molecule has 0 spiro atoms. The number of β-lactam (4-membered cyclic amide) rings is 1. The molecule has 0 aromatic heterocycles. The topological polar surface area (TPSA) is 176 Å². The van der Waals surface area contributed by atoms with E-state index >= 15 is 0 Å². The Kier molecular flexibility index (Phi) is 7.02. The van der Waals surface area contributed by atoms with E-state index in [1.54, 1.807) is 0 Å². The number of ether oxygens (including phenoxy) is 1. The molecule has 0 aliphatic carbocycles. The van der Waals surface area contributed by atoms with Crippen LogP contribution in [0.5, 0.6) is 0 Å². The maximum absolute atomic E-state index is 12.4. The third-order valence-corrected chi connectivity index (χ3v) is 5.59. The minimum atomic E-state index is -1.31. The van der Waals surface area contributed by atoms with Crippen molar-refractivity contribution in [2.45, 2.75) is 43.6 Å². The van der Waals surface area contributed by atoms with Gasteiger partial charge in [-0.2, -0.15) is 0 Å². The number of esters is 1. The molecule has 0 bridgehead atoms. The Hall–Kier alpha value is -2.60. The molecule has 0 radical (unpaired) electrons. The van der Waals surface area contributed by atoms with Crippen molar-refractivity contribution in [3.63, 3.8) is 0 Å². The Balaban J connectivity index is 1.96. The van der Waals surface area contributed by atoms with Crippen LogP contribution in [0, 0.1) is 0 Å². The summed E-state index contributed by atoms with van der Waals surface area (Å²) >= 11 is 1.26. The first-order valence-corrected chi connectivity index (χ1v) is 9.49. The quantitative estimate of drug-likeness (QED) is 0.266. The van der Waals surface area contributed by atoms with Crippen LogP contribution in [0.15, 0.2) is 11.3 Å². The van der Waals surface area contributed by atoms with Gasteiger partial charge in [-0.3, -0.25) is 24.1 Å². The Labute approximate surface area is 164 Å². The van der Waals surface area contributed by atoms with E-state index in [1.807, 2.05) is 0 Å². The Morgan fingerprint density at radius 1 is 1.36 bits per heavy atom. The summed E-state index contributed by atoms with van der Waals surface area (Å²) in [5.41, 5.74) is 5.44. The summed E-state index contributed by atoms with van der Waals surface area (Å²) in [5, 5.41) is 20.1. The molecular weight excluding hydrogens is 394 g/mol. The number of rotatable bonds is 9. The van der Waals surface area contributed by atoms with Crippen molar-refractivity contribution in [3.8, 4) is 0 Å². The average molecular weight is 415 g/mol. The van der Waals surface area contributed by atoms with E-state index in [9.17, 15) is 29.1 Å². The number of hydrogen-bond acceptors (Lipinski definition) is 8. The fourth-order valence-electron chi connectivity index (χ4n) is 2.83. The van der Waals surface area contributed by atoms with Gasteiger partial charge in [0.25, 0.3) is 5.91 Å². The second-order valence-electron chi connectivity index (χ2n) is 6.33. The van der Waals surface area contributed by atoms with Crippen molar-refractivity contribution in [2.24, 2.45) is 5.73 Å². The van der Waals surface area contributed by atoms with Crippen molar-refractivity contribution in [2.75, 3.05) is 12.4 Å². The van der Waals surface area contributed by atoms with Gasteiger partial charge in [0.05, 0.1) is 0 Å². The highest BCUT2D eigenvalue weighted by atomic mass is 32.2. The van der Waals surface area contributed by atoms with Crippen LogP contribution in [-0.2, 0) is 28.7 Å². The predicted molar refractivity (Wildman–Crippen MR) is 95.8 cm³/mol. The van der Waals surface area contributed by atoms with E-state index < -0.39 is 47.2 Å². The van der Waals surface area contributed by atoms with Gasteiger partial charge in [-0.05, 0) is 12.8 Å². The molecule has 5 N–H and O–H groups in total. The van der Waals surface area contributed by atoms with Gasteiger partial charge in [-0.15, -0.1) is 11.8 Å². The Morgan fingerprint density at radius 2 is 2.04 bits per heavy atom. The van der Waals surface area contributed by atoms with Crippen LogP contribution in [0.1, 0.15) is 26.2 Å². The Morgan fingerprint density at radius 3 is 2.61 bits per heavy atom. The van der Waals surface area contributed by atoms with Gasteiger partial charge in [-0.25, -0.2) is 4.79 Å². The number of nitrogens with two attached hydrogens (primary N) is 1. The molecule has 2 heterocycles. The highest BCUT2D eigenvalue weighted by molar-refractivity contribution is 8.00. The summed E-state index contributed by atoms with van der Waals surface area (Å²) in [6, 6.07) is -1.92. The van der Waals surface area contributed by atoms with Gasteiger partial charge < -0.3 is 26.0 Å². The van der Waals surface area contributed by atoms with Crippen LogP contribution in [0.3, 0.4) is 0 Å². The lowest BCUT2D eigenvalue weighted by atomic mass is 10.0. The molecule has 154 valence electrons. The first kappa shape index (κ1) is 21.7. The number of aliphatic carboxylic acids is 2. The van der Waals surface area contributed by atoms with Gasteiger partial charge in [0, 0.05) is 24.7 Å². The summed E-state index contributed by atoms with van der Waals surface area (Å²) in [5.74, 6) is -3.79. The van der Waals surface area contributed by atoms with Crippen LogP contribution in [0.2, 0.25) is 0 Å². The van der Waals surface area contributed by atoms with Crippen LogP contribution >= 0.6 is 11.8 Å². The molecule has 1 fully saturated rings. The average Bonchev–Trinajstić information content (AvgIpc) is 2.62. The van der Waals surface area contributed by atoms with Crippen LogP contribution in [0.4, 0.5) is 0 Å². The normalized spacial score (nSPS) is 22.1. The van der Waals surface area contributed by atoms with E-state index in [-0.39, 0.29) is 37.3 Å². The largest absolute Gasteiger partial charge is 0.480 e. The summed E-state index contributed by atoms with van der Waals surface area (Å²) in [4.78, 5) is 58.7. The standard InChI is InChI=1S/C16H21N3O8S/c1-7(20)27-5-8-6-28-14-11(13(22)19(14)12(8)16(25)26)18-10(21)4-2-3-9(17)15(23)24/h9,11,14H,2-6,17H2,1H3,(H,18,21)(H,23,24)(H,25,26)/t9-,11-,14?/m1/s1. The lowest BCUT2D eigenvalue weighted by Gasteiger charge is -2.49. The minimum Gasteiger partial charge on any atom is -0.480 e. The molecule has 28 heavy (non-hydrogen) atoms. The zero-order valence-corrected chi connectivity index (χ0v) is 15.9. The van der Waals surface area contributed by atoms with Gasteiger partial charge >= 0.3 is 17.9 Å². The molecule has 2 rings (SSSR count). The summed E-state index contributed by atoms with van der Waals surface area (Å²) < 4.78 is 4.84. The van der Waals surface area contributed by atoms with Gasteiger partial charge in [-0.1, -0.05) is 0 Å². The number of carboxylic acid groups (broad SMARTS) is 2. The van der Waals surface area contributed by atoms with E-state index in [1.165, 1.54) is 18.7 Å². The number of thioether (sulfide) groups is 1. The number of amides is 2. The number of carboxylic acids is 2. The highest BCUT2D eigenvalue weighted by Crippen LogP contribution is 2.40. The zero-order valence-electron chi connectivity index (χ0n) is 15.0. The zero-order chi connectivity index (χ0) is 21.0. The third kappa shape index (κ3) is 4.81. The number of nitrogens with zero attached hydrogens (tertiary/aromatic N) is 1. The molecule has 11 nitrogen and oxygen atoms in total. The fourth-order valence-corrected chi connectivity index (χ4v) is 4.16. The van der Waals surface area contributed by atoms with Crippen molar-refractivity contribution in [1.82, 2.24) is 10.2 Å². The third-order valence-electron chi connectivity index (χ3n) is 4.25. The first-order chi connectivity index (χ1) is 13.1. The minimum absolute atomic E-state index is 0.00146. The van der Waals surface area contributed by atoms with E-state index in [0.29, 0.717) is 5.57 Å². The summed E-state index contributed by atoms with van der Waals surface area (Å²) in [7, 11) is 0. The number of carbonyl (C=O) groups excluding carboxylic acids is 3. The molecule has 3 atom stereocenters. The van der Waals surface area contributed by atoms with Gasteiger partial charge in [0.15, 0.2) is 0 Å². The number of carbonyl (C=O) groups is 5. The monoisotopic (exact) mass is 415 g/mol. The fraction of sp³-hybridized carbons (Fsp3) is 0.562. The molecule has 0 aromatic carbocycles. The van der Waals surface area contributed by atoms with E-state index in [0.717, 1.165) is 4.90 Å². The second kappa shape index (κ2) is 9.06. The van der Waals surface area contributed by atoms with Crippen molar-refractivity contribution in [1.29, 1.82) is 0 Å².